The molecule has 0 saturated carbocycles. The number of fused-ring (bicyclic) bond motifs is 3. The van der Waals surface area contributed by atoms with Crippen molar-refractivity contribution < 1.29 is 14.0 Å². The Morgan fingerprint density at radius 1 is 1.21 bits per heavy atom. The topological polar surface area (TPSA) is 52.0 Å². The van der Waals surface area contributed by atoms with Crippen molar-refractivity contribution in [1.82, 2.24) is 9.55 Å². The summed E-state index contributed by atoms with van der Waals surface area (Å²) in [7, 11) is 1.71. The van der Waals surface area contributed by atoms with Crippen molar-refractivity contribution in [1.29, 1.82) is 0 Å². The molecule has 0 fully saturated rings. The number of ketones is 2. The van der Waals surface area contributed by atoms with Crippen LogP contribution in [0.2, 0.25) is 0 Å². The van der Waals surface area contributed by atoms with Gasteiger partial charge in [-0.1, -0.05) is 6.92 Å². The third-order valence-corrected chi connectivity index (χ3v) is 3.41. The number of hydrogen-bond donors (Lipinski definition) is 0. The van der Waals surface area contributed by atoms with Crippen molar-refractivity contribution >= 4 is 11.6 Å². The number of halogens is 1. The standard InChI is InChI=1S/C14H11FN2O2/c1-3-10-16-11-8-5-4-7(15)6-9(8)13(18)14(19)12(11)17(10)2/h4-6H,3H2,1-2H3. The van der Waals surface area contributed by atoms with Gasteiger partial charge < -0.3 is 4.57 Å². The molecule has 1 aromatic heterocycles. The van der Waals surface area contributed by atoms with Gasteiger partial charge in [0.2, 0.25) is 5.78 Å². The maximum Gasteiger partial charge on any atom is 0.252 e. The first-order valence-electron chi connectivity index (χ1n) is 5.99. The fraction of sp³-hybridized carbons (Fsp3) is 0.214. The Kier molecular flexibility index (Phi) is 2.38. The molecule has 0 amide bonds. The van der Waals surface area contributed by atoms with Crippen LogP contribution in [0.4, 0.5) is 4.39 Å². The van der Waals surface area contributed by atoms with Gasteiger partial charge in [-0.25, -0.2) is 9.37 Å². The molecular formula is C14H11FN2O2. The molecule has 19 heavy (non-hydrogen) atoms. The summed E-state index contributed by atoms with van der Waals surface area (Å²) in [6, 6.07) is 3.87. The predicted molar refractivity (Wildman–Crippen MR) is 66.6 cm³/mol. The van der Waals surface area contributed by atoms with Gasteiger partial charge in [0, 0.05) is 24.6 Å². The molecule has 0 atom stereocenters. The lowest BCUT2D eigenvalue weighted by molar-refractivity contribution is 0.0810. The highest BCUT2D eigenvalue weighted by Gasteiger charge is 2.35. The van der Waals surface area contributed by atoms with Crippen LogP contribution >= 0.6 is 0 Å². The van der Waals surface area contributed by atoms with Crippen LogP contribution in [0.3, 0.4) is 0 Å². The van der Waals surface area contributed by atoms with E-state index >= 15 is 0 Å². The summed E-state index contributed by atoms with van der Waals surface area (Å²) in [5, 5.41) is 0. The van der Waals surface area contributed by atoms with Crippen molar-refractivity contribution in [2.75, 3.05) is 0 Å². The fourth-order valence-electron chi connectivity index (χ4n) is 2.45. The van der Waals surface area contributed by atoms with Gasteiger partial charge in [-0.2, -0.15) is 0 Å². The zero-order chi connectivity index (χ0) is 13.7. The number of aromatic nitrogens is 2. The molecule has 96 valence electrons. The molecule has 0 N–H and O–H groups in total. The average Bonchev–Trinajstić information content (AvgIpc) is 2.73. The number of imidazole rings is 1. The summed E-state index contributed by atoms with van der Waals surface area (Å²) in [5.41, 5.74) is 1.38. The zero-order valence-corrected chi connectivity index (χ0v) is 10.5. The van der Waals surface area contributed by atoms with Gasteiger partial charge in [-0.3, -0.25) is 9.59 Å². The van der Waals surface area contributed by atoms with Crippen molar-refractivity contribution in [3.63, 3.8) is 0 Å². The van der Waals surface area contributed by atoms with Gasteiger partial charge in [0.25, 0.3) is 5.78 Å². The van der Waals surface area contributed by atoms with Crippen molar-refractivity contribution in [2.24, 2.45) is 7.05 Å². The van der Waals surface area contributed by atoms with Crippen molar-refractivity contribution in [3.05, 3.63) is 41.1 Å². The van der Waals surface area contributed by atoms with E-state index in [4.69, 9.17) is 0 Å². The molecule has 0 aliphatic heterocycles. The van der Waals surface area contributed by atoms with E-state index < -0.39 is 17.4 Å². The molecule has 0 unspecified atom stereocenters. The maximum absolute atomic E-state index is 13.2. The Bertz CT molecular complexity index is 731. The second-order valence-corrected chi connectivity index (χ2v) is 4.49. The van der Waals surface area contributed by atoms with Crippen molar-refractivity contribution in [3.8, 4) is 11.3 Å². The first-order valence-corrected chi connectivity index (χ1v) is 5.99. The van der Waals surface area contributed by atoms with E-state index in [1.54, 1.807) is 11.6 Å². The van der Waals surface area contributed by atoms with Gasteiger partial charge in [0.05, 0.1) is 0 Å². The van der Waals surface area contributed by atoms with Crippen molar-refractivity contribution in [2.45, 2.75) is 13.3 Å². The minimum atomic E-state index is -0.673. The summed E-state index contributed by atoms with van der Waals surface area (Å²) >= 11 is 0. The van der Waals surface area contributed by atoms with Crippen LogP contribution in [0.5, 0.6) is 0 Å². The quantitative estimate of drug-likeness (QED) is 0.736. The molecule has 3 rings (SSSR count). The summed E-state index contributed by atoms with van der Waals surface area (Å²) < 4.78 is 14.9. The lowest BCUT2D eigenvalue weighted by atomic mass is 9.90. The molecule has 0 saturated heterocycles. The zero-order valence-electron chi connectivity index (χ0n) is 10.5. The number of Topliss-reactive ketones (excluding diaryl/α,β-unsaturated/α-hetero) is 2. The molecular weight excluding hydrogens is 247 g/mol. The first kappa shape index (κ1) is 11.8. The number of benzene rings is 1. The summed E-state index contributed by atoms with van der Waals surface area (Å²) in [6.45, 7) is 1.92. The molecule has 4 nitrogen and oxygen atoms in total. The number of carbonyl (C=O) groups excluding carboxylic acids is 2. The van der Waals surface area contributed by atoms with E-state index in [-0.39, 0.29) is 5.56 Å². The monoisotopic (exact) mass is 258 g/mol. The van der Waals surface area contributed by atoms with Gasteiger partial charge in [-0.15, -0.1) is 0 Å². The van der Waals surface area contributed by atoms with E-state index in [9.17, 15) is 14.0 Å². The molecule has 1 aliphatic carbocycles. The second kappa shape index (κ2) is 3.85. The second-order valence-electron chi connectivity index (χ2n) is 4.49. The summed E-state index contributed by atoms with van der Waals surface area (Å²) in [6.07, 6.45) is 0.654. The van der Waals surface area contributed by atoms with E-state index in [1.807, 2.05) is 6.92 Å². The number of carbonyl (C=O) groups is 2. The maximum atomic E-state index is 13.2. The molecule has 1 aliphatic rings. The Morgan fingerprint density at radius 2 is 1.95 bits per heavy atom. The van der Waals surface area contributed by atoms with Crippen LogP contribution in [-0.4, -0.2) is 21.1 Å². The van der Waals surface area contributed by atoms with E-state index in [0.29, 0.717) is 23.4 Å². The third kappa shape index (κ3) is 1.47. The number of rotatable bonds is 1. The first-order chi connectivity index (χ1) is 9.04. The largest absolute Gasteiger partial charge is 0.328 e. The molecule has 0 radical (unpaired) electrons. The van der Waals surface area contributed by atoms with Gasteiger partial charge in [0.15, 0.2) is 0 Å². The Balaban J connectivity index is 2.38. The molecule has 5 heteroatoms. The van der Waals surface area contributed by atoms with Crippen LogP contribution in [0.15, 0.2) is 18.2 Å². The van der Waals surface area contributed by atoms with Gasteiger partial charge in [-0.05, 0) is 18.2 Å². The minimum absolute atomic E-state index is 0.0956. The smallest absolute Gasteiger partial charge is 0.252 e. The van der Waals surface area contributed by atoms with Crippen LogP contribution in [0.25, 0.3) is 11.3 Å². The molecule has 1 heterocycles. The SMILES string of the molecule is CCc1nc2c(n1C)C(=O)C(=O)c1cc(F)ccc1-2. The molecule has 1 aromatic carbocycles. The Morgan fingerprint density at radius 3 is 2.63 bits per heavy atom. The fourth-order valence-corrected chi connectivity index (χ4v) is 2.45. The average molecular weight is 258 g/mol. The van der Waals surface area contributed by atoms with E-state index in [0.717, 1.165) is 11.9 Å². The highest BCUT2D eigenvalue weighted by molar-refractivity contribution is 6.52. The number of aryl methyl sites for hydroxylation is 1. The summed E-state index contributed by atoms with van der Waals surface area (Å²) in [4.78, 5) is 28.5. The van der Waals surface area contributed by atoms with Crippen LogP contribution in [-0.2, 0) is 13.5 Å². The highest BCUT2D eigenvalue weighted by atomic mass is 19.1. The predicted octanol–water partition coefficient (Wildman–Crippen LogP) is 2.17. The molecule has 0 bridgehead atoms. The van der Waals surface area contributed by atoms with Gasteiger partial charge >= 0.3 is 0 Å². The molecule has 0 spiro atoms. The normalized spacial score (nSPS) is 13.4. The summed E-state index contributed by atoms with van der Waals surface area (Å²) in [5.74, 6) is -1.10. The van der Waals surface area contributed by atoms with E-state index in [1.165, 1.54) is 12.1 Å². The highest BCUT2D eigenvalue weighted by Crippen LogP contribution is 2.33. The van der Waals surface area contributed by atoms with Gasteiger partial charge in [0.1, 0.15) is 23.0 Å². The molecule has 2 aromatic rings. The third-order valence-electron chi connectivity index (χ3n) is 3.41. The lowest BCUT2D eigenvalue weighted by Crippen LogP contribution is -2.23. The Hall–Kier alpha value is -2.30. The Labute approximate surface area is 108 Å². The van der Waals surface area contributed by atoms with Crippen LogP contribution < -0.4 is 0 Å². The van der Waals surface area contributed by atoms with Crippen LogP contribution in [0.1, 0.15) is 33.6 Å². The number of hydrogen-bond acceptors (Lipinski definition) is 3. The van der Waals surface area contributed by atoms with Crippen LogP contribution in [0, 0.1) is 5.82 Å². The number of nitrogens with zero attached hydrogens (tertiary/aromatic N) is 2. The lowest BCUT2D eigenvalue weighted by Gasteiger charge is -2.14. The minimum Gasteiger partial charge on any atom is -0.328 e. The van der Waals surface area contributed by atoms with E-state index in [2.05, 4.69) is 4.98 Å².